The Bertz CT molecular complexity index is 1200. The van der Waals surface area contributed by atoms with E-state index in [9.17, 15) is 31.2 Å². The van der Waals surface area contributed by atoms with Crippen molar-refractivity contribution in [1.82, 2.24) is 4.72 Å². The molecule has 0 unspecified atom stereocenters. The Labute approximate surface area is 149 Å². The van der Waals surface area contributed by atoms with Crippen molar-refractivity contribution in [1.29, 1.82) is 0 Å². The number of anilines is 1. The molecule has 0 radical (unpaired) electrons. The minimum absolute atomic E-state index is 0.197. The number of sulfonamides is 1. The molecule has 7 nitrogen and oxygen atoms in total. The number of carbonyl (C=O) groups excluding carboxylic acids is 1. The van der Waals surface area contributed by atoms with Crippen LogP contribution in [0.1, 0.15) is 0 Å². The Kier molecular flexibility index (Phi) is 4.62. The molecule has 11 heteroatoms. The second-order valence-electron chi connectivity index (χ2n) is 5.23. The van der Waals surface area contributed by atoms with Gasteiger partial charge >= 0.3 is 6.03 Å². The van der Waals surface area contributed by atoms with Crippen LogP contribution in [-0.2, 0) is 10.0 Å². The number of urea groups is 1. The quantitative estimate of drug-likeness (QED) is 0.706. The lowest BCUT2D eigenvalue weighted by Crippen LogP contribution is -2.37. The molecule has 3 aromatic rings. The van der Waals surface area contributed by atoms with Gasteiger partial charge in [-0.3, -0.25) is 4.79 Å². The fourth-order valence-electron chi connectivity index (χ4n) is 2.20. The number of benzene rings is 2. The molecule has 0 fully saturated rings. The van der Waals surface area contributed by atoms with E-state index >= 15 is 0 Å². The highest BCUT2D eigenvalue weighted by Gasteiger charge is 2.24. The maximum atomic E-state index is 13.5. The molecule has 2 aromatic carbocycles. The van der Waals surface area contributed by atoms with Crippen LogP contribution in [0.5, 0.6) is 0 Å². The molecule has 140 valence electrons. The molecule has 1 aromatic heterocycles. The third kappa shape index (κ3) is 3.62. The lowest BCUT2D eigenvalue weighted by molar-refractivity contribution is 0.256. The smallest absolute Gasteiger partial charge is 0.333 e. The van der Waals surface area contributed by atoms with Gasteiger partial charge in [-0.25, -0.2) is 31.1 Å². The lowest BCUT2D eigenvalue weighted by atomic mass is 10.2. The molecule has 1 heterocycles. The number of rotatable bonds is 3. The highest BCUT2D eigenvalue weighted by atomic mass is 32.2. The predicted octanol–water partition coefficient (Wildman–Crippen LogP) is 2.72. The first kappa shape index (κ1) is 18.5. The Morgan fingerprint density at radius 1 is 1.04 bits per heavy atom. The Hall–Kier alpha value is -3.34. The molecule has 0 atom stereocenters. The van der Waals surface area contributed by atoms with Crippen LogP contribution in [-0.4, -0.2) is 14.4 Å². The predicted molar refractivity (Wildman–Crippen MR) is 88.1 cm³/mol. The van der Waals surface area contributed by atoms with Crippen LogP contribution in [0, 0.1) is 17.5 Å². The molecule has 0 aliphatic rings. The number of nitrogens with one attached hydrogen (secondary N) is 2. The Morgan fingerprint density at radius 3 is 2.37 bits per heavy atom. The Morgan fingerprint density at radius 2 is 1.70 bits per heavy atom. The van der Waals surface area contributed by atoms with Crippen LogP contribution in [0.15, 0.2) is 56.8 Å². The molecule has 0 bridgehead atoms. The van der Waals surface area contributed by atoms with Crippen LogP contribution in [0.25, 0.3) is 11.0 Å². The summed E-state index contributed by atoms with van der Waals surface area (Å²) in [6.45, 7) is 0. The highest BCUT2D eigenvalue weighted by molar-refractivity contribution is 7.90. The number of hydrogen-bond donors (Lipinski definition) is 2. The third-order valence-electron chi connectivity index (χ3n) is 3.42. The van der Waals surface area contributed by atoms with Crippen LogP contribution >= 0.6 is 0 Å². The van der Waals surface area contributed by atoms with E-state index < -0.39 is 49.5 Å². The van der Waals surface area contributed by atoms with Gasteiger partial charge in [-0.1, -0.05) is 6.07 Å². The molecule has 0 spiro atoms. The van der Waals surface area contributed by atoms with Crippen molar-refractivity contribution in [3.8, 4) is 0 Å². The van der Waals surface area contributed by atoms with Crippen molar-refractivity contribution in [2.75, 3.05) is 5.32 Å². The van der Waals surface area contributed by atoms with Crippen molar-refractivity contribution >= 4 is 32.7 Å². The zero-order valence-corrected chi connectivity index (χ0v) is 13.9. The topological polar surface area (TPSA) is 105 Å². The van der Waals surface area contributed by atoms with Crippen LogP contribution in [0.4, 0.5) is 23.7 Å². The van der Waals surface area contributed by atoms with Gasteiger partial charge in [0.05, 0.1) is 5.39 Å². The summed E-state index contributed by atoms with van der Waals surface area (Å²) in [6.07, 6.45) is 0.531. The lowest BCUT2D eigenvalue weighted by Gasteiger charge is -2.09. The number of fused-ring (bicyclic) bond motifs is 1. The van der Waals surface area contributed by atoms with Gasteiger partial charge in [-0.2, -0.15) is 0 Å². The maximum Gasteiger partial charge on any atom is 0.333 e. The van der Waals surface area contributed by atoms with Gasteiger partial charge in [0.15, 0.2) is 4.90 Å². The van der Waals surface area contributed by atoms with Crippen molar-refractivity contribution in [2.45, 2.75) is 4.90 Å². The summed E-state index contributed by atoms with van der Waals surface area (Å²) in [5.41, 5.74) is -2.11. The summed E-state index contributed by atoms with van der Waals surface area (Å²) in [5, 5.41) is 1.47. The molecule has 0 aliphatic carbocycles. The summed E-state index contributed by atoms with van der Waals surface area (Å²) in [4.78, 5) is 23.2. The molecule has 27 heavy (non-hydrogen) atoms. The number of hydrogen-bond acceptors (Lipinski definition) is 5. The van der Waals surface area contributed by atoms with Gasteiger partial charge in [-0.05, 0) is 24.3 Å². The minimum atomic E-state index is -4.74. The van der Waals surface area contributed by atoms with E-state index in [4.69, 9.17) is 4.42 Å². The number of amides is 2. The van der Waals surface area contributed by atoms with E-state index in [-0.39, 0.29) is 11.0 Å². The summed E-state index contributed by atoms with van der Waals surface area (Å²) in [6, 6.07) is 4.08. The average Bonchev–Trinajstić information content (AvgIpc) is 2.57. The maximum absolute atomic E-state index is 13.5. The van der Waals surface area contributed by atoms with E-state index in [2.05, 4.69) is 0 Å². The normalized spacial score (nSPS) is 11.4. The van der Waals surface area contributed by atoms with Crippen molar-refractivity contribution in [2.24, 2.45) is 0 Å². The number of para-hydroxylation sites is 1. The zero-order chi connectivity index (χ0) is 19.8. The van der Waals surface area contributed by atoms with E-state index in [0.29, 0.717) is 6.26 Å². The first-order chi connectivity index (χ1) is 12.7. The van der Waals surface area contributed by atoms with Gasteiger partial charge in [0.1, 0.15) is 35.0 Å². The molecule has 3 rings (SSSR count). The molecule has 2 amide bonds. The molecular weight excluding hydrogens is 389 g/mol. The van der Waals surface area contributed by atoms with Gasteiger partial charge in [0, 0.05) is 6.07 Å². The highest BCUT2D eigenvalue weighted by Crippen LogP contribution is 2.18. The molecule has 0 saturated heterocycles. The zero-order valence-electron chi connectivity index (χ0n) is 13.1. The fourth-order valence-corrected chi connectivity index (χ4v) is 3.14. The van der Waals surface area contributed by atoms with Crippen molar-refractivity contribution in [3.05, 3.63) is 70.3 Å². The number of carbonyl (C=O) groups is 1. The van der Waals surface area contributed by atoms with Crippen molar-refractivity contribution < 1.29 is 30.8 Å². The second-order valence-corrected chi connectivity index (χ2v) is 6.88. The summed E-state index contributed by atoms with van der Waals surface area (Å²) in [7, 11) is -4.74. The SMILES string of the molecule is O=C(Nc1c(F)cccc1F)NS(=O)(=O)c1coc2cc(F)ccc2c1=O. The average molecular weight is 398 g/mol. The summed E-state index contributed by atoms with van der Waals surface area (Å²) in [5.74, 6) is -2.96. The summed E-state index contributed by atoms with van der Waals surface area (Å²) < 4.78 is 71.0. The van der Waals surface area contributed by atoms with Crippen LogP contribution in [0.2, 0.25) is 0 Å². The van der Waals surface area contributed by atoms with Gasteiger partial charge in [0.25, 0.3) is 10.0 Å². The molecule has 0 saturated carbocycles. The van der Waals surface area contributed by atoms with Crippen molar-refractivity contribution in [3.63, 3.8) is 0 Å². The molecular formula is C16H9F3N2O5S. The fraction of sp³-hybridized carbons (Fsp3) is 0. The van der Waals surface area contributed by atoms with Crippen LogP contribution in [0.3, 0.4) is 0 Å². The second kappa shape index (κ2) is 6.76. The van der Waals surface area contributed by atoms with E-state index in [1.165, 1.54) is 4.72 Å². The third-order valence-corrected chi connectivity index (χ3v) is 4.74. The minimum Gasteiger partial charge on any atom is -0.463 e. The van der Waals surface area contributed by atoms with E-state index in [0.717, 1.165) is 36.4 Å². The van der Waals surface area contributed by atoms with Gasteiger partial charge < -0.3 is 9.73 Å². The van der Waals surface area contributed by atoms with Crippen LogP contribution < -0.4 is 15.5 Å². The largest absolute Gasteiger partial charge is 0.463 e. The molecule has 2 N–H and O–H groups in total. The van der Waals surface area contributed by atoms with Gasteiger partial charge in [0.2, 0.25) is 5.43 Å². The first-order valence-electron chi connectivity index (χ1n) is 7.18. The number of halogens is 3. The van der Waals surface area contributed by atoms with Gasteiger partial charge in [-0.15, -0.1) is 0 Å². The molecule has 0 aliphatic heterocycles. The Balaban J connectivity index is 1.92. The monoisotopic (exact) mass is 398 g/mol. The summed E-state index contributed by atoms with van der Waals surface area (Å²) >= 11 is 0. The standard InChI is InChI=1S/C16H9F3N2O5S/c17-8-4-5-9-12(6-8)26-7-13(15(9)22)27(24,25)21-16(23)20-14-10(18)2-1-3-11(14)19/h1-7H,(H2,20,21,23). The first-order valence-corrected chi connectivity index (χ1v) is 8.66. The van der Waals surface area contributed by atoms with E-state index in [1.807, 2.05) is 0 Å². The van der Waals surface area contributed by atoms with E-state index in [1.54, 1.807) is 5.32 Å².